The molecule has 1 aliphatic heterocycles. The van der Waals surface area contributed by atoms with Gasteiger partial charge < -0.3 is 19.7 Å². The topological polar surface area (TPSA) is 46.1 Å². The summed E-state index contributed by atoms with van der Waals surface area (Å²) in [5.74, 6) is 1.04. The first-order valence-electron chi connectivity index (χ1n) is 9.91. The Morgan fingerprint density at radius 3 is 2.44 bits per heavy atom. The van der Waals surface area contributed by atoms with E-state index in [4.69, 9.17) is 9.47 Å². The molecule has 0 bridgehead atoms. The van der Waals surface area contributed by atoms with Gasteiger partial charge >= 0.3 is 0 Å². The lowest BCUT2D eigenvalue weighted by atomic mass is 9.73. The van der Waals surface area contributed by atoms with Crippen LogP contribution in [0.2, 0.25) is 0 Å². The van der Waals surface area contributed by atoms with E-state index in [-0.39, 0.29) is 24.0 Å². The fraction of sp³-hybridized carbons (Fsp3) is 0.947. The van der Waals surface area contributed by atoms with Gasteiger partial charge in [0.1, 0.15) is 0 Å². The lowest BCUT2D eigenvalue weighted by Crippen LogP contribution is -2.42. The summed E-state index contributed by atoms with van der Waals surface area (Å²) in [6.07, 6.45) is 10.7. The highest BCUT2D eigenvalue weighted by Crippen LogP contribution is 2.43. The third kappa shape index (κ3) is 7.99. The zero-order valence-electron chi connectivity index (χ0n) is 16.2. The van der Waals surface area contributed by atoms with Gasteiger partial charge in [0.25, 0.3) is 0 Å². The number of ether oxygens (including phenoxy) is 2. The van der Waals surface area contributed by atoms with Crippen molar-refractivity contribution >= 4 is 29.9 Å². The molecular formula is C19H38IN3O2. The lowest BCUT2D eigenvalue weighted by molar-refractivity contribution is 0.0486. The van der Waals surface area contributed by atoms with E-state index < -0.39 is 0 Å². The number of rotatable bonds is 9. The average molecular weight is 467 g/mol. The molecule has 0 amide bonds. The van der Waals surface area contributed by atoms with E-state index in [0.29, 0.717) is 25.2 Å². The van der Waals surface area contributed by atoms with E-state index >= 15 is 0 Å². The Bertz CT molecular complexity index is 374. The predicted octanol–water partition coefficient (Wildman–Crippen LogP) is 3.67. The molecule has 5 nitrogen and oxygen atoms in total. The summed E-state index contributed by atoms with van der Waals surface area (Å²) in [7, 11) is 1.89. The van der Waals surface area contributed by atoms with Crippen LogP contribution in [0.5, 0.6) is 0 Å². The van der Waals surface area contributed by atoms with Gasteiger partial charge in [0.15, 0.2) is 5.96 Å². The van der Waals surface area contributed by atoms with Crippen LogP contribution in [0, 0.1) is 5.41 Å². The second kappa shape index (κ2) is 13.1. The van der Waals surface area contributed by atoms with E-state index in [1.54, 1.807) is 0 Å². The highest BCUT2D eigenvalue weighted by molar-refractivity contribution is 14.0. The van der Waals surface area contributed by atoms with Gasteiger partial charge in [-0.2, -0.15) is 0 Å². The minimum atomic E-state index is 0. The van der Waals surface area contributed by atoms with Crippen molar-refractivity contribution in [1.82, 2.24) is 10.2 Å². The first kappa shape index (κ1) is 23.0. The predicted molar refractivity (Wildman–Crippen MR) is 115 cm³/mol. The molecule has 1 saturated heterocycles. The zero-order valence-corrected chi connectivity index (χ0v) is 18.6. The number of likely N-dealkylation sites (tertiary alicyclic amines) is 1. The van der Waals surface area contributed by atoms with Crippen LogP contribution in [-0.4, -0.2) is 64.0 Å². The Morgan fingerprint density at radius 2 is 1.76 bits per heavy atom. The van der Waals surface area contributed by atoms with Gasteiger partial charge in [-0.25, -0.2) is 0 Å². The van der Waals surface area contributed by atoms with Crippen LogP contribution in [0.25, 0.3) is 0 Å². The summed E-state index contributed by atoms with van der Waals surface area (Å²) in [6.45, 7) is 8.24. The van der Waals surface area contributed by atoms with Gasteiger partial charge in [0.2, 0.25) is 0 Å². The molecule has 1 spiro atoms. The van der Waals surface area contributed by atoms with Crippen LogP contribution in [0.15, 0.2) is 4.99 Å². The van der Waals surface area contributed by atoms with Gasteiger partial charge in [0, 0.05) is 33.3 Å². The lowest BCUT2D eigenvalue weighted by Gasteiger charge is -2.33. The smallest absolute Gasteiger partial charge is 0.193 e. The molecule has 25 heavy (non-hydrogen) atoms. The van der Waals surface area contributed by atoms with Gasteiger partial charge in [0.05, 0.1) is 19.8 Å². The van der Waals surface area contributed by atoms with Gasteiger partial charge in [-0.3, -0.25) is 4.99 Å². The van der Waals surface area contributed by atoms with Gasteiger partial charge in [-0.1, -0.05) is 32.6 Å². The highest BCUT2D eigenvalue weighted by Gasteiger charge is 2.39. The third-order valence-electron chi connectivity index (χ3n) is 5.41. The molecule has 1 N–H and O–H groups in total. The second-order valence-electron chi connectivity index (χ2n) is 7.28. The van der Waals surface area contributed by atoms with Crippen LogP contribution < -0.4 is 5.32 Å². The fourth-order valence-corrected chi connectivity index (χ4v) is 3.96. The first-order valence-corrected chi connectivity index (χ1v) is 9.91. The zero-order chi connectivity index (χ0) is 17.1. The number of nitrogens with zero attached hydrogens (tertiary/aromatic N) is 2. The SMILES string of the molecule is CCCCOCCOCCNC(=NC)N1CCC2(CCCCC2)C1.I. The molecule has 2 rings (SSSR count). The van der Waals surface area contributed by atoms with Crippen molar-refractivity contribution in [2.45, 2.75) is 58.3 Å². The van der Waals surface area contributed by atoms with Crippen molar-refractivity contribution in [3.8, 4) is 0 Å². The number of hydrogen-bond acceptors (Lipinski definition) is 3. The van der Waals surface area contributed by atoms with Crippen LogP contribution in [0.1, 0.15) is 58.3 Å². The van der Waals surface area contributed by atoms with Gasteiger partial charge in [-0.15, -0.1) is 24.0 Å². The normalized spacial score (nSPS) is 19.9. The molecule has 2 aliphatic rings. The van der Waals surface area contributed by atoms with E-state index in [0.717, 1.165) is 32.1 Å². The van der Waals surface area contributed by atoms with Crippen molar-refractivity contribution in [3.63, 3.8) is 0 Å². The fourth-order valence-electron chi connectivity index (χ4n) is 3.96. The summed E-state index contributed by atoms with van der Waals surface area (Å²) < 4.78 is 11.1. The van der Waals surface area contributed by atoms with Crippen LogP contribution in [0.3, 0.4) is 0 Å². The van der Waals surface area contributed by atoms with Crippen molar-refractivity contribution in [3.05, 3.63) is 0 Å². The molecule has 1 heterocycles. The van der Waals surface area contributed by atoms with Crippen molar-refractivity contribution < 1.29 is 9.47 Å². The summed E-state index contributed by atoms with van der Waals surface area (Å²) in [4.78, 5) is 6.91. The molecule has 0 unspecified atom stereocenters. The molecular weight excluding hydrogens is 429 g/mol. The van der Waals surface area contributed by atoms with Crippen LogP contribution >= 0.6 is 24.0 Å². The van der Waals surface area contributed by atoms with Crippen molar-refractivity contribution in [2.75, 3.05) is 53.1 Å². The molecule has 1 aliphatic carbocycles. The average Bonchev–Trinajstić information content (AvgIpc) is 3.00. The molecule has 148 valence electrons. The molecule has 0 aromatic heterocycles. The van der Waals surface area contributed by atoms with Crippen molar-refractivity contribution in [2.24, 2.45) is 10.4 Å². The number of aliphatic imine (C=N–C) groups is 1. The molecule has 0 aromatic rings. The standard InChI is InChI=1S/C19H37N3O2.HI/c1-3-4-13-23-15-16-24-14-11-21-18(20-2)22-12-10-19(17-22)8-6-5-7-9-19;/h3-17H2,1-2H3,(H,20,21);1H. The Morgan fingerprint density at radius 1 is 1.04 bits per heavy atom. The quantitative estimate of drug-likeness (QED) is 0.243. The molecule has 2 fully saturated rings. The second-order valence-corrected chi connectivity index (χ2v) is 7.28. The largest absolute Gasteiger partial charge is 0.379 e. The number of nitrogens with one attached hydrogen (secondary N) is 1. The van der Waals surface area contributed by atoms with Crippen molar-refractivity contribution in [1.29, 1.82) is 0 Å². The number of hydrogen-bond donors (Lipinski definition) is 1. The van der Waals surface area contributed by atoms with E-state index in [1.807, 2.05) is 7.05 Å². The Labute approximate surface area is 171 Å². The number of guanidine groups is 1. The van der Waals surface area contributed by atoms with E-state index in [2.05, 4.69) is 22.1 Å². The Hall–Kier alpha value is -0.0800. The summed E-state index contributed by atoms with van der Waals surface area (Å²) >= 11 is 0. The Balaban J connectivity index is 0.00000312. The summed E-state index contributed by atoms with van der Waals surface area (Å²) in [6, 6.07) is 0. The van der Waals surface area contributed by atoms with E-state index in [1.165, 1.54) is 51.5 Å². The monoisotopic (exact) mass is 467 g/mol. The number of halogens is 1. The maximum atomic E-state index is 5.62. The minimum Gasteiger partial charge on any atom is -0.379 e. The highest BCUT2D eigenvalue weighted by atomic mass is 127. The Kier molecular flexibility index (Phi) is 12.1. The minimum absolute atomic E-state index is 0. The van der Waals surface area contributed by atoms with Crippen LogP contribution in [-0.2, 0) is 9.47 Å². The maximum absolute atomic E-state index is 5.62. The molecule has 0 atom stereocenters. The number of unbranched alkanes of at least 4 members (excludes halogenated alkanes) is 1. The summed E-state index contributed by atoms with van der Waals surface area (Å²) in [5.41, 5.74) is 0.572. The molecule has 0 aromatic carbocycles. The maximum Gasteiger partial charge on any atom is 0.193 e. The molecule has 6 heteroatoms. The van der Waals surface area contributed by atoms with Crippen LogP contribution in [0.4, 0.5) is 0 Å². The molecule has 1 saturated carbocycles. The summed E-state index contributed by atoms with van der Waals surface area (Å²) in [5, 5.41) is 3.45. The third-order valence-corrected chi connectivity index (χ3v) is 5.41. The van der Waals surface area contributed by atoms with E-state index in [9.17, 15) is 0 Å². The molecule has 0 radical (unpaired) electrons. The van der Waals surface area contributed by atoms with Gasteiger partial charge in [-0.05, 0) is 31.1 Å². The first-order chi connectivity index (χ1) is 11.8.